The average Bonchev–Trinajstić information content (AvgIpc) is 3.03. The van der Waals surface area contributed by atoms with E-state index in [4.69, 9.17) is 0 Å². The molecule has 6 heteroatoms. The van der Waals surface area contributed by atoms with Crippen LogP contribution in [0, 0.1) is 0 Å². The third kappa shape index (κ3) is 4.67. The molecule has 3 rings (SSSR count). The Morgan fingerprint density at radius 1 is 1.04 bits per heavy atom. The second kappa shape index (κ2) is 8.27. The molecule has 25 heavy (non-hydrogen) atoms. The highest BCUT2D eigenvalue weighted by Crippen LogP contribution is 2.25. The third-order valence-corrected chi connectivity index (χ3v) is 5.28. The first-order chi connectivity index (χ1) is 12.1. The molecule has 0 bridgehead atoms. The van der Waals surface area contributed by atoms with Crippen LogP contribution in [0.25, 0.3) is 10.1 Å². The van der Waals surface area contributed by atoms with Gasteiger partial charge in [0.2, 0.25) is 5.91 Å². The van der Waals surface area contributed by atoms with Crippen LogP contribution in [-0.2, 0) is 11.2 Å². The van der Waals surface area contributed by atoms with Gasteiger partial charge in [-0.15, -0.1) is 11.3 Å². The lowest BCUT2D eigenvalue weighted by Gasteiger charge is -2.07. The normalized spacial score (nSPS) is 10.6. The van der Waals surface area contributed by atoms with E-state index in [1.54, 1.807) is 29.5 Å². The lowest BCUT2D eigenvalue weighted by atomic mass is 10.1. The van der Waals surface area contributed by atoms with Crippen molar-refractivity contribution >= 4 is 49.2 Å². The number of fused-ring (bicyclic) bond motifs is 1. The van der Waals surface area contributed by atoms with E-state index in [1.165, 1.54) is 15.6 Å². The maximum absolute atomic E-state index is 12.0. The van der Waals surface area contributed by atoms with Crippen LogP contribution in [0.1, 0.15) is 15.9 Å². The first-order valence-electron chi connectivity index (χ1n) is 7.89. The largest absolute Gasteiger partial charge is 0.354 e. The molecule has 0 spiro atoms. The quantitative estimate of drug-likeness (QED) is 0.642. The summed E-state index contributed by atoms with van der Waals surface area (Å²) in [4.78, 5) is 23.9. The van der Waals surface area contributed by atoms with Gasteiger partial charge in [0.05, 0.1) is 6.54 Å². The molecule has 1 heterocycles. The monoisotopic (exact) mass is 416 g/mol. The molecule has 128 valence electrons. The Bertz CT molecular complexity index is 907. The van der Waals surface area contributed by atoms with Crippen LogP contribution in [-0.4, -0.2) is 24.9 Å². The van der Waals surface area contributed by atoms with E-state index in [9.17, 15) is 9.59 Å². The summed E-state index contributed by atoms with van der Waals surface area (Å²) in [5.41, 5.74) is 1.76. The summed E-state index contributed by atoms with van der Waals surface area (Å²) in [5, 5.41) is 8.85. The van der Waals surface area contributed by atoms with E-state index in [1.807, 2.05) is 18.2 Å². The zero-order chi connectivity index (χ0) is 17.6. The molecular formula is C19H17BrN2O2S. The maximum atomic E-state index is 12.0. The molecular weight excluding hydrogens is 400 g/mol. The van der Waals surface area contributed by atoms with Crippen molar-refractivity contribution in [3.05, 3.63) is 69.5 Å². The van der Waals surface area contributed by atoms with E-state index in [0.29, 0.717) is 12.1 Å². The highest BCUT2D eigenvalue weighted by atomic mass is 79.9. The summed E-state index contributed by atoms with van der Waals surface area (Å²) in [7, 11) is 0. The van der Waals surface area contributed by atoms with Gasteiger partial charge in [-0.2, -0.15) is 0 Å². The van der Waals surface area contributed by atoms with Crippen LogP contribution in [0.15, 0.2) is 58.4 Å². The van der Waals surface area contributed by atoms with Gasteiger partial charge in [-0.05, 0) is 47.0 Å². The summed E-state index contributed by atoms with van der Waals surface area (Å²) >= 11 is 5.03. The number of rotatable bonds is 6. The zero-order valence-electron chi connectivity index (χ0n) is 13.4. The van der Waals surface area contributed by atoms with E-state index in [2.05, 4.69) is 44.1 Å². The Morgan fingerprint density at radius 2 is 1.88 bits per heavy atom. The highest BCUT2D eigenvalue weighted by Gasteiger charge is 2.09. The highest BCUT2D eigenvalue weighted by molar-refractivity contribution is 9.10. The van der Waals surface area contributed by atoms with Crippen molar-refractivity contribution in [3.63, 3.8) is 0 Å². The van der Waals surface area contributed by atoms with Crippen LogP contribution in [0.5, 0.6) is 0 Å². The van der Waals surface area contributed by atoms with E-state index in [-0.39, 0.29) is 18.4 Å². The molecule has 0 radical (unpaired) electrons. The van der Waals surface area contributed by atoms with Gasteiger partial charge in [0.1, 0.15) is 0 Å². The summed E-state index contributed by atoms with van der Waals surface area (Å²) in [6, 6.07) is 15.3. The fourth-order valence-electron chi connectivity index (χ4n) is 2.52. The Hall–Kier alpha value is -2.18. The standard InChI is InChI=1S/C19H17BrN2O2S/c20-15-5-3-4-13(10-15)19(24)22-11-18(23)21-9-8-14-12-25-17-7-2-1-6-16(14)17/h1-7,10,12H,8-9,11H2,(H,21,23)(H,22,24). The van der Waals surface area contributed by atoms with Gasteiger partial charge in [0.15, 0.2) is 0 Å². The van der Waals surface area contributed by atoms with E-state index >= 15 is 0 Å². The average molecular weight is 417 g/mol. The fraction of sp³-hybridized carbons (Fsp3) is 0.158. The van der Waals surface area contributed by atoms with Gasteiger partial charge in [-0.25, -0.2) is 0 Å². The molecule has 3 aromatic rings. The van der Waals surface area contributed by atoms with Crippen LogP contribution in [0.2, 0.25) is 0 Å². The first-order valence-corrected chi connectivity index (χ1v) is 9.56. The van der Waals surface area contributed by atoms with Crippen LogP contribution < -0.4 is 10.6 Å². The number of benzene rings is 2. The topological polar surface area (TPSA) is 58.2 Å². The van der Waals surface area contributed by atoms with Crippen molar-refractivity contribution < 1.29 is 9.59 Å². The second-order valence-corrected chi connectivity index (χ2v) is 7.38. The molecule has 2 amide bonds. The molecule has 0 fully saturated rings. The van der Waals surface area contributed by atoms with Gasteiger partial charge in [-0.3, -0.25) is 9.59 Å². The van der Waals surface area contributed by atoms with E-state index in [0.717, 1.165) is 10.9 Å². The summed E-state index contributed by atoms with van der Waals surface area (Å²) < 4.78 is 2.08. The number of nitrogens with one attached hydrogen (secondary N) is 2. The van der Waals surface area contributed by atoms with Crippen molar-refractivity contribution in [1.82, 2.24) is 10.6 Å². The number of halogens is 1. The van der Waals surface area contributed by atoms with Gasteiger partial charge < -0.3 is 10.6 Å². The molecule has 0 aliphatic heterocycles. The molecule has 0 saturated carbocycles. The van der Waals surface area contributed by atoms with Gasteiger partial charge in [0, 0.05) is 21.3 Å². The van der Waals surface area contributed by atoms with Crippen LogP contribution in [0.4, 0.5) is 0 Å². The molecule has 2 aromatic carbocycles. The zero-order valence-corrected chi connectivity index (χ0v) is 15.8. The number of thiophene rings is 1. The number of amides is 2. The molecule has 4 nitrogen and oxygen atoms in total. The number of hydrogen-bond acceptors (Lipinski definition) is 3. The Morgan fingerprint density at radius 3 is 2.72 bits per heavy atom. The van der Waals surface area contributed by atoms with Crippen molar-refractivity contribution in [2.75, 3.05) is 13.1 Å². The molecule has 2 N–H and O–H groups in total. The molecule has 0 unspecified atom stereocenters. The minimum atomic E-state index is -0.264. The predicted octanol–water partition coefficient (Wildman–Crippen LogP) is 3.75. The lowest BCUT2D eigenvalue weighted by molar-refractivity contribution is -0.120. The second-order valence-electron chi connectivity index (χ2n) is 5.55. The molecule has 0 saturated heterocycles. The van der Waals surface area contributed by atoms with Gasteiger partial charge >= 0.3 is 0 Å². The van der Waals surface area contributed by atoms with Crippen LogP contribution in [0.3, 0.4) is 0 Å². The SMILES string of the molecule is O=C(CNC(=O)c1cccc(Br)c1)NCCc1csc2ccccc12. The lowest BCUT2D eigenvalue weighted by Crippen LogP contribution is -2.37. The smallest absolute Gasteiger partial charge is 0.251 e. The summed E-state index contributed by atoms with van der Waals surface area (Å²) in [6.07, 6.45) is 0.773. The van der Waals surface area contributed by atoms with E-state index < -0.39 is 0 Å². The number of hydrogen-bond donors (Lipinski definition) is 2. The van der Waals surface area contributed by atoms with Crippen molar-refractivity contribution in [1.29, 1.82) is 0 Å². The Balaban J connectivity index is 1.44. The summed E-state index contributed by atoms with van der Waals surface area (Å²) in [6.45, 7) is 0.516. The Kier molecular flexibility index (Phi) is 5.83. The number of carbonyl (C=O) groups excluding carboxylic acids is 2. The third-order valence-electron chi connectivity index (χ3n) is 3.77. The minimum absolute atomic E-state index is 0.0320. The molecule has 0 atom stereocenters. The van der Waals surface area contributed by atoms with Gasteiger partial charge in [0.25, 0.3) is 5.91 Å². The van der Waals surface area contributed by atoms with Crippen molar-refractivity contribution in [2.24, 2.45) is 0 Å². The molecule has 0 aliphatic carbocycles. The maximum Gasteiger partial charge on any atom is 0.251 e. The van der Waals surface area contributed by atoms with Crippen molar-refractivity contribution in [3.8, 4) is 0 Å². The minimum Gasteiger partial charge on any atom is -0.354 e. The van der Waals surface area contributed by atoms with Crippen LogP contribution >= 0.6 is 27.3 Å². The van der Waals surface area contributed by atoms with Gasteiger partial charge in [-0.1, -0.05) is 40.2 Å². The summed E-state index contributed by atoms with van der Waals surface area (Å²) in [5.74, 6) is -0.455. The molecule has 0 aliphatic rings. The van der Waals surface area contributed by atoms with Crippen molar-refractivity contribution in [2.45, 2.75) is 6.42 Å². The first kappa shape index (κ1) is 17.6. The Labute approximate surface area is 158 Å². The fourth-order valence-corrected chi connectivity index (χ4v) is 3.91. The predicted molar refractivity (Wildman–Crippen MR) is 105 cm³/mol. The number of carbonyl (C=O) groups is 2. The molecule has 1 aromatic heterocycles.